The number of nitrogens with one attached hydrogen (secondary N) is 1. The van der Waals surface area contributed by atoms with Crippen molar-refractivity contribution in [3.8, 4) is 0 Å². The van der Waals surface area contributed by atoms with Crippen LogP contribution in [0.4, 0.5) is 10.1 Å². The Morgan fingerprint density at radius 3 is 2.43 bits per heavy atom. The molecule has 0 saturated heterocycles. The van der Waals surface area contributed by atoms with Crippen molar-refractivity contribution < 1.29 is 4.39 Å². The van der Waals surface area contributed by atoms with Crippen LogP contribution >= 0.6 is 0 Å². The van der Waals surface area contributed by atoms with Crippen molar-refractivity contribution >= 4 is 5.69 Å². The van der Waals surface area contributed by atoms with Crippen LogP contribution in [0.1, 0.15) is 26.3 Å². The minimum Gasteiger partial charge on any atom is -0.382 e. The average Bonchev–Trinajstić information content (AvgIpc) is 2.14. The minimum absolute atomic E-state index is 0.0971. The Balaban J connectivity index is 2.92. The first-order chi connectivity index (χ1) is 6.55. The molecule has 78 valence electrons. The van der Waals surface area contributed by atoms with Crippen LogP contribution in [0.3, 0.4) is 0 Å². The van der Waals surface area contributed by atoms with E-state index in [0.29, 0.717) is 6.54 Å². The molecular weight excluding hydrogens is 177 g/mol. The van der Waals surface area contributed by atoms with E-state index in [2.05, 4.69) is 32.2 Å². The Kier molecular flexibility index (Phi) is 3.50. The average molecular weight is 195 g/mol. The molecule has 0 spiro atoms. The van der Waals surface area contributed by atoms with Gasteiger partial charge in [-0.25, -0.2) is 4.39 Å². The molecule has 2 heteroatoms. The zero-order valence-corrected chi connectivity index (χ0v) is 9.10. The van der Waals surface area contributed by atoms with Crippen LogP contribution in [-0.4, -0.2) is 13.2 Å². The first-order valence-electron chi connectivity index (χ1n) is 4.95. The van der Waals surface area contributed by atoms with Crippen LogP contribution in [0.5, 0.6) is 0 Å². The molecule has 0 amide bonds. The summed E-state index contributed by atoms with van der Waals surface area (Å²) in [6.07, 6.45) is 0. The molecule has 0 unspecified atom stereocenters. The summed E-state index contributed by atoms with van der Waals surface area (Å²) < 4.78 is 12.0. The normalized spacial score (nSPS) is 11.4. The van der Waals surface area contributed by atoms with E-state index < -0.39 is 0 Å². The monoisotopic (exact) mass is 195 g/mol. The van der Waals surface area contributed by atoms with E-state index in [-0.39, 0.29) is 12.1 Å². The number of benzene rings is 1. The number of halogens is 1. The van der Waals surface area contributed by atoms with Gasteiger partial charge in [-0.1, -0.05) is 39.0 Å². The van der Waals surface area contributed by atoms with E-state index in [4.69, 9.17) is 0 Å². The smallest absolute Gasteiger partial charge is 0.107 e. The second kappa shape index (κ2) is 4.45. The van der Waals surface area contributed by atoms with Crippen LogP contribution in [0, 0.1) is 0 Å². The van der Waals surface area contributed by atoms with E-state index in [1.165, 1.54) is 5.56 Å². The van der Waals surface area contributed by atoms with E-state index in [1.807, 2.05) is 18.2 Å². The first kappa shape index (κ1) is 11.0. The molecule has 0 heterocycles. The van der Waals surface area contributed by atoms with E-state index in [9.17, 15) is 4.39 Å². The lowest BCUT2D eigenvalue weighted by atomic mass is 9.86. The van der Waals surface area contributed by atoms with Crippen molar-refractivity contribution in [3.63, 3.8) is 0 Å². The Morgan fingerprint density at radius 2 is 1.86 bits per heavy atom. The van der Waals surface area contributed by atoms with E-state index >= 15 is 0 Å². The molecule has 0 aliphatic rings. The fourth-order valence-corrected chi connectivity index (χ4v) is 1.47. The second-order valence-electron chi connectivity index (χ2n) is 4.41. The molecule has 0 aliphatic heterocycles. The molecule has 1 nitrogen and oxygen atoms in total. The van der Waals surface area contributed by atoms with Crippen molar-refractivity contribution in [1.82, 2.24) is 0 Å². The Morgan fingerprint density at radius 1 is 1.21 bits per heavy atom. The zero-order valence-electron chi connectivity index (χ0n) is 9.10. The molecule has 14 heavy (non-hydrogen) atoms. The number of rotatable bonds is 3. The summed E-state index contributed by atoms with van der Waals surface area (Å²) in [6.45, 7) is 6.51. The molecular formula is C12H18FN. The molecule has 0 saturated carbocycles. The van der Waals surface area contributed by atoms with Crippen molar-refractivity contribution in [3.05, 3.63) is 29.8 Å². The van der Waals surface area contributed by atoms with Crippen LogP contribution in [0.2, 0.25) is 0 Å². The largest absolute Gasteiger partial charge is 0.382 e. The topological polar surface area (TPSA) is 12.0 Å². The van der Waals surface area contributed by atoms with Gasteiger partial charge in [-0.2, -0.15) is 0 Å². The Hall–Kier alpha value is -1.05. The predicted octanol–water partition coefficient (Wildman–Crippen LogP) is 3.37. The van der Waals surface area contributed by atoms with Crippen molar-refractivity contribution in [2.45, 2.75) is 26.2 Å². The zero-order chi connectivity index (χ0) is 10.6. The summed E-state index contributed by atoms with van der Waals surface area (Å²) in [5.41, 5.74) is 2.37. The maximum atomic E-state index is 12.0. The molecule has 0 fully saturated rings. The summed E-state index contributed by atoms with van der Waals surface area (Å²) in [5, 5.41) is 3.09. The highest BCUT2D eigenvalue weighted by atomic mass is 19.1. The minimum atomic E-state index is -0.335. The van der Waals surface area contributed by atoms with Crippen LogP contribution < -0.4 is 5.32 Å². The lowest BCUT2D eigenvalue weighted by molar-refractivity contribution is 0.512. The summed E-state index contributed by atoms with van der Waals surface area (Å²) in [5.74, 6) is 0. The predicted molar refractivity (Wildman–Crippen MR) is 59.6 cm³/mol. The lowest BCUT2D eigenvalue weighted by Crippen LogP contribution is -2.15. The lowest BCUT2D eigenvalue weighted by Gasteiger charge is -2.23. The molecule has 1 aromatic carbocycles. The van der Waals surface area contributed by atoms with Gasteiger partial charge in [0.1, 0.15) is 6.67 Å². The maximum Gasteiger partial charge on any atom is 0.107 e. The fraction of sp³-hybridized carbons (Fsp3) is 0.500. The first-order valence-corrected chi connectivity index (χ1v) is 4.95. The number of anilines is 1. The van der Waals surface area contributed by atoms with Gasteiger partial charge >= 0.3 is 0 Å². The highest BCUT2D eigenvalue weighted by Gasteiger charge is 2.16. The van der Waals surface area contributed by atoms with Gasteiger partial charge in [-0.3, -0.25) is 0 Å². The van der Waals surface area contributed by atoms with E-state index in [1.54, 1.807) is 0 Å². The van der Waals surface area contributed by atoms with Crippen LogP contribution in [0.25, 0.3) is 0 Å². The summed E-state index contributed by atoms with van der Waals surface area (Å²) in [7, 11) is 0. The van der Waals surface area contributed by atoms with Crippen molar-refractivity contribution in [1.29, 1.82) is 0 Å². The van der Waals surface area contributed by atoms with Gasteiger partial charge in [0.25, 0.3) is 0 Å². The second-order valence-corrected chi connectivity index (χ2v) is 4.41. The quantitative estimate of drug-likeness (QED) is 0.779. The third-order valence-corrected chi connectivity index (χ3v) is 2.15. The molecule has 0 aliphatic carbocycles. The van der Waals surface area contributed by atoms with Crippen molar-refractivity contribution in [2.75, 3.05) is 18.5 Å². The van der Waals surface area contributed by atoms with Gasteiger partial charge in [0, 0.05) is 12.2 Å². The standard InChI is InChI=1S/C12H18FN/c1-12(2,3)10-6-4-5-7-11(10)14-9-8-13/h4-7,14H,8-9H2,1-3H3. The van der Waals surface area contributed by atoms with Gasteiger partial charge in [0.05, 0.1) is 0 Å². The Bertz CT molecular complexity index is 289. The molecule has 1 aromatic rings. The molecule has 0 radical (unpaired) electrons. The summed E-state index contributed by atoms with van der Waals surface area (Å²) in [6, 6.07) is 8.06. The molecule has 1 rings (SSSR count). The number of para-hydroxylation sites is 1. The Labute approximate surface area is 85.3 Å². The fourth-order valence-electron chi connectivity index (χ4n) is 1.47. The summed E-state index contributed by atoms with van der Waals surface area (Å²) in [4.78, 5) is 0. The number of alkyl halides is 1. The van der Waals surface area contributed by atoms with Crippen LogP contribution in [-0.2, 0) is 5.41 Å². The highest BCUT2D eigenvalue weighted by Crippen LogP contribution is 2.28. The third kappa shape index (κ3) is 2.72. The van der Waals surface area contributed by atoms with Gasteiger partial charge in [-0.05, 0) is 17.0 Å². The highest BCUT2D eigenvalue weighted by molar-refractivity contribution is 5.54. The molecule has 0 atom stereocenters. The SMILES string of the molecule is CC(C)(C)c1ccccc1NCCF. The van der Waals surface area contributed by atoms with Crippen molar-refractivity contribution in [2.24, 2.45) is 0 Å². The van der Waals surface area contributed by atoms with Gasteiger partial charge in [0.15, 0.2) is 0 Å². The third-order valence-electron chi connectivity index (χ3n) is 2.15. The number of hydrogen-bond donors (Lipinski definition) is 1. The molecule has 0 aromatic heterocycles. The molecule has 0 bridgehead atoms. The van der Waals surface area contributed by atoms with Crippen LogP contribution in [0.15, 0.2) is 24.3 Å². The van der Waals surface area contributed by atoms with Gasteiger partial charge in [-0.15, -0.1) is 0 Å². The number of hydrogen-bond acceptors (Lipinski definition) is 1. The molecule has 1 N–H and O–H groups in total. The van der Waals surface area contributed by atoms with Gasteiger partial charge < -0.3 is 5.32 Å². The maximum absolute atomic E-state index is 12.0. The summed E-state index contributed by atoms with van der Waals surface area (Å²) >= 11 is 0. The van der Waals surface area contributed by atoms with Gasteiger partial charge in [0.2, 0.25) is 0 Å². The van der Waals surface area contributed by atoms with E-state index in [0.717, 1.165) is 5.69 Å².